The van der Waals surface area contributed by atoms with Crippen LogP contribution < -0.4 is 0 Å². The molecule has 3 fully saturated rings. The molecule has 0 unspecified atom stereocenters. The lowest BCUT2D eigenvalue weighted by Gasteiger charge is -2.66. The van der Waals surface area contributed by atoms with Gasteiger partial charge in [0.15, 0.2) is 17.5 Å². The third-order valence-corrected chi connectivity index (χ3v) is 9.18. The summed E-state index contributed by atoms with van der Waals surface area (Å²) in [5.41, 5.74) is -5.66. The van der Waals surface area contributed by atoms with Crippen molar-refractivity contribution in [1.82, 2.24) is 4.90 Å². The SMILES string of the molecule is C=C[C@@]1(C)CC(=O)[C@@]2(O)[C@](C)(O1)[C@@H](OC(=O)CN1CCCCC1)C=C1C(C)(C)CC[C@H](O)[C@@]12C. The van der Waals surface area contributed by atoms with E-state index in [1.165, 1.54) is 0 Å². The Labute approximate surface area is 203 Å². The van der Waals surface area contributed by atoms with Crippen LogP contribution in [-0.4, -0.2) is 75.5 Å². The maximum atomic E-state index is 13.8. The number of likely N-dealkylation sites (tertiary alicyclic amines) is 1. The van der Waals surface area contributed by atoms with Gasteiger partial charge < -0.3 is 19.7 Å². The van der Waals surface area contributed by atoms with Crippen LogP contribution in [-0.2, 0) is 19.1 Å². The Balaban J connectivity index is 1.81. The molecule has 2 N–H and O–H groups in total. The summed E-state index contributed by atoms with van der Waals surface area (Å²) in [6.45, 7) is 14.9. The second-order valence-electron chi connectivity index (χ2n) is 12.0. The van der Waals surface area contributed by atoms with E-state index >= 15 is 0 Å². The van der Waals surface area contributed by atoms with Gasteiger partial charge in [-0.05, 0) is 71.0 Å². The van der Waals surface area contributed by atoms with E-state index in [9.17, 15) is 19.8 Å². The molecule has 34 heavy (non-hydrogen) atoms. The topological polar surface area (TPSA) is 96.3 Å². The van der Waals surface area contributed by atoms with E-state index in [0.717, 1.165) is 37.9 Å². The Hall–Kier alpha value is -1.54. The number of Topliss-reactive ketones (excluding diaryl/α,β-unsaturated/α-hetero) is 1. The number of carbonyl (C=O) groups excluding carboxylic acids is 2. The van der Waals surface area contributed by atoms with E-state index < -0.39 is 51.6 Å². The maximum Gasteiger partial charge on any atom is 0.320 e. The van der Waals surface area contributed by atoms with Crippen LogP contribution in [0, 0.1) is 10.8 Å². The lowest BCUT2D eigenvalue weighted by atomic mass is 9.44. The molecule has 2 saturated heterocycles. The van der Waals surface area contributed by atoms with Crippen LogP contribution in [0.15, 0.2) is 24.3 Å². The number of piperidine rings is 1. The van der Waals surface area contributed by atoms with Crippen molar-refractivity contribution in [3.63, 3.8) is 0 Å². The van der Waals surface area contributed by atoms with Crippen LogP contribution in [0.25, 0.3) is 0 Å². The van der Waals surface area contributed by atoms with Crippen molar-refractivity contribution < 1.29 is 29.3 Å². The molecular weight excluding hydrogens is 434 g/mol. The number of hydrogen-bond donors (Lipinski definition) is 2. The molecule has 0 aromatic carbocycles. The van der Waals surface area contributed by atoms with Crippen molar-refractivity contribution in [2.75, 3.05) is 19.6 Å². The van der Waals surface area contributed by atoms with Crippen LogP contribution >= 0.6 is 0 Å². The van der Waals surface area contributed by atoms with Gasteiger partial charge in [-0.15, -0.1) is 6.58 Å². The second-order valence-corrected chi connectivity index (χ2v) is 12.0. The minimum atomic E-state index is -2.08. The van der Waals surface area contributed by atoms with Crippen molar-refractivity contribution in [3.8, 4) is 0 Å². The zero-order valence-electron chi connectivity index (χ0n) is 21.4. The third-order valence-electron chi connectivity index (χ3n) is 9.18. The predicted molar refractivity (Wildman–Crippen MR) is 128 cm³/mol. The maximum absolute atomic E-state index is 13.8. The number of esters is 1. The van der Waals surface area contributed by atoms with Crippen LogP contribution in [0.1, 0.15) is 73.1 Å². The zero-order chi connectivity index (χ0) is 25.2. The van der Waals surface area contributed by atoms with Gasteiger partial charge in [-0.1, -0.05) is 31.9 Å². The lowest BCUT2D eigenvalue weighted by Crippen LogP contribution is -2.81. The van der Waals surface area contributed by atoms with Gasteiger partial charge in [0.2, 0.25) is 0 Å². The molecule has 7 nitrogen and oxygen atoms in total. The Morgan fingerprint density at radius 1 is 1.24 bits per heavy atom. The molecule has 0 radical (unpaired) electrons. The van der Waals surface area contributed by atoms with E-state index in [1.54, 1.807) is 26.8 Å². The van der Waals surface area contributed by atoms with E-state index in [0.29, 0.717) is 12.8 Å². The molecular formula is C27H41NO6. The summed E-state index contributed by atoms with van der Waals surface area (Å²) in [5, 5.41) is 23.7. The molecule has 0 bridgehead atoms. The minimum Gasteiger partial charge on any atom is -0.454 e. The average molecular weight is 476 g/mol. The summed E-state index contributed by atoms with van der Waals surface area (Å²) in [6.07, 6.45) is 5.80. The molecule has 4 rings (SSSR count). The number of aliphatic hydroxyl groups is 2. The number of hydrogen-bond acceptors (Lipinski definition) is 7. The number of ketones is 1. The van der Waals surface area contributed by atoms with E-state index in [2.05, 4.69) is 11.5 Å². The molecule has 7 heteroatoms. The van der Waals surface area contributed by atoms with E-state index in [-0.39, 0.29) is 13.0 Å². The molecule has 2 heterocycles. The summed E-state index contributed by atoms with van der Waals surface area (Å²) in [4.78, 5) is 29.0. The fraction of sp³-hybridized carbons (Fsp3) is 0.778. The van der Waals surface area contributed by atoms with Gasteiger partial charge in [-0.3, -0.25) is 14.5 Å². The lowest BCUT2D eigenvalue weighted by molar-refractivity contribution is -0.305. The molecule has 190 valence electrons. The van der Waals surface area contributed by atoms with Crippen LogP contribution in [0.3, 0.4) is 0 Å². The molecule has 0 spiro atoms. The highest BCUT2D eigenvalue weighted by Crippen LogP contribution is 2.64. The van der Waals surface area contributed by atoms with Crippen molar-refractivity contribution in [2.24, 2.45) is 10.8 Å². The summed E-state index contributed by atoms with van der Waals surface area (Å²) >= 11 is 0. The number of rotatable bonds is 4. The largest absolute Gasteiger partial charge is 0.454 e. The summed E-state index contributed by atoms with van der Waals surface area (Å²) in [7, 11) is 0. The Kier molecular flexibility index (Phi) is 6.20. The first kappa shape index (κ1) is 25.5. The number of ether oxygens (including phenoxy) is 2. The standard InChI is InChI=1S/C27H41NO6/c1-7-24(4)16-20(30)27(32)25(5)18(23(2,3)12-11-19(25)29)15-21(26(27,6)34-24)33-22(31)17-28-13-9-8-10-14-28/h7,15,19,21,29,32H,1,8-14,16-17H2,2-6H3/t19-,21-,24-,25+,26+,27-/m0/s1. The third kappa shape index (κ3) is 3.54. The second kappa shape index (κ2) is 8.26. The van der Waals surface area contributed by atoms with E-state index in [4.69, 9.17) is 9.47 Å². The van der Waals surface area contributed by atoms with Gasteiger partial charge in [0.25, 0.3) is 0 Å². The minimum absolute atomic E-state index is 0.0763. The molecule has 4 aliphatic rings. The highest BCUT2D eigenvalue weighted by molar-refractivity contribution is 5.93. The monoisotopic (exact) mass is 475 g/mol. The van der Waals surface area contributed by atoms with Gasteiger partial charge in [-0.2, -0.15) is 0 Å². The Morgan fingerprint density at radius 2 is 1.88 bits per heavy atom. The number of aliphatic hydroxyl groups excluding tert-OH is 1. The van der Waals surface area contributed by atoms with Crippen molar-refractivity contribution in [3.05, 3.63) is 24.3 Å². The van der Waals surface area contributed by atoms with Crippen molar-refractivity contribution in [1.29, 1.82) is 0 Å². The number of nitrogens with zero attached hydrogens (tertiary/aromatic N) is 1. The normalized spacial score (nSPS) is 44.4. The molecule has 1 saturated carbocycles. The summed E-state index contributed by atoms with van der Waals surface area (Å²) in [6, 6.07) is 0. The summed E-state index contributed by atoms with van der Waals surface area (Å²) < 4.78 is 12.5. The first-order valence-corrected chi connectivity index (χ1v) is 12.7. The fourth-order valence-corrected chi connectivity index (χ4v) is 7.07. The number of carbonyl (C=O) groups is 2. The average Bonchev–Trinajstić information content (AvgIpc) is 2.76. The first-order chi connectivity index (χ1) is 15.7. The smallest absolute Gasteiger partial charge is 0.320 e. The van der Waals surface area contributed by atoms with Gasteiger partial charge >= 0.3 is 5.97 Å². The molecule has 2 aliphatic carbocycles. The Morgan fingerprint density at radius 3 is 2.50 bits per heavy atom. The zero-order valence-corrected chi connectivity index (χ0v) is 21.4. The highest BCUT2D eigenvalue weighted by atomic mass is 16.6. The van der Waals surface area contributed by atoms with Gasteiger partial charge in [-0.25, -0.2) is 0 Å². The summed E-state index contributed by atoms with van der Waals surface area (Å²) in [5.74, 6) is -0.836. The van der Waals surface area contributed by atoms with Crippen molar-refractivity contribution in [2.45, 2.75) is 102 Å². The Bertz CT molecular complexity index is 907. The van der Waals surface area contributed by atoms with Crippen molar-refractivity contribution >= 4 is 11.8 Å². The molecule has 2 aliphatic heterocycles. The van der Waals surface area contributed by atoms with Crippen LogP contribution in [0.5, 0.6) is 0 Å². The highest BCUT2D eigenvalue weighted by Gasteiger charge is 2.76. The number of fused-ring (bicyclic) bond motifs is 3. The molecule has 0 aromatic rings. The van der Waals surface area contributed by atoms with Gasteiger partial charge in [0.05, 0.1) is 23.7 Å². The van der Waals surface area contributed by atoms with Crippen LogP contribution in [0.2, 0.25) is 0 Å². The quantitative estimate of drug-likeness (QED) is 0.477. The van der Waals surface area contributed by atoms with Crippen LogP contribution in [0.4, 0.5) is 0 Å². The first-order valence-electron chi connectivity index (χ1n) is 12.7. The van der Waals surface area contributed by atoms with E-state index in [1.807, 2.05) is 19.9 Å². The predicted octanol–water partition coefficient (Wildman–Crippen LogP) is 2.94. The van der Waals surface area contributed by atoms with Gasteiger partial charge in [0.1, 0.15) is 5.60 Å². The van der Waals surface area contributed by atoms with Gasteiger partial charge in [0, 0.05) is 6.42 Å². The fourth-order valence-electron chi connectivity index (χ4n) is 7.07. The molecule has 6 atom stereocenters. The molecule has 0 aromatic heterocycles. The molecule has 0 amide bonds.